The quantitative estimate of drug-likeness (QED) is 0.551. The predicted octanol–water partition coefficient (Wildman–Crippen LogP) is 1.41. The second-order valence-corrected chi connectivity index (χ2v) is 5.14. The Labute approximate surface area is 89.4 Å². The van der Waals surface area contributed by atoms with Crippen LogP contribution in [0.1, 0.15) is 25.7 Å². The average molecular weight is 214 g/mol. The van der Waals surface area contributed by atoms with Crippen LogP contribution < -0.4 is 11.3 Å². The van der Waals surface area contributed by atoms with Crippen LogP contribution in [0.4, 0.5) is 0 Å². The van der Waals surface area contributed by atoms with E-state index in [1.165, 1.54) is 25.0 Å². The van der Waals surface area contributed by atoms with Gasteiger partial charge in [-0.05, 0) is 24.7 Å². The van der Waals surface area contributed by atoms with Crippen LogP contribution in [0.5, 0.6) is 0 Å². The standard InChI is InChI=1S/C10H18N2OS/c11-12-10(8-4-3-6-13-8)9-5-1-2-7-14-9/h4,9-10,12H,1-3,5-7,11H2. The predicted molar refractivity (Wildman–Crippen MR) is 59.9 cm³/mol. The zero-order valence-electron chi connectivity index (χ0n) is 8.37. The van der Waals surface area contributed by atoms with Crippen molar-refractivity contribution in [2.45, 2.75) is 37.0 Å². The van der Waals surface area contributed by atoms with E-state index in [1.54, 1.807) is 0 Å². The van der Waals surface area contributed by atoms with Gasteiger partial charge in [0.1, 0.15) is 5.76 Å². The van der Waals surface area contributed by atoms with E-state index >= 15 is 0 Å². The molecule has 2 rings (SSSR count). The molecule has 0 aromatic rings. The molecule has 0 aromatic carbocycles. The van der Waals surface area contributed by atoms with E-state index in [2.05, 4.69) is 11.5 Å². The van der Waals surface area contributed by atoms with Gasteiger partial charge in [-0.25, -0.2) is 5.43 Å². The minimum Gasteiger partial charge on any atom is -0.496 e. The lowest BCUT2D eigenvalue weighted by molar-refractivity contribution is 0.212. The molecule has 0 bridgehead atoms. The van der Waals surface area contributed by atoms with Crippen molar-refractivity contribution in [1.82, 2.24) is 5.43 Å². The Kier molecular flexibility index (Phi) is 3.73. The molecule has 4 heteroatoms. The molecular weight excluding hydrogens is 196 g/mol. The number of nitrogens with two attached hydrogens (primary N) is 1. The third-order valence-electron chi connectivity index (χ3n) is 2.80. The van der Waals surface area contributed by atoms with Gasteiger partial charge in [0.15, 0.2) is 0 Å². The van der Waals surface area contributed by atoms with Crippen molar-refractivity contribution < 1.29 is 4.74 Å². The van der Waals surface area contributed by atoms with E-state index in [4.69, 9.17) is 10.6 Å². The molecule has 2 unspecified atom stereocenters. The molecule has 0 spiro atoms. The Hall–Kier alpha value is -0.190. The summed E-state index contributed by atoms with van der Waals surface area (Å²) in [5.74, 6) is 7.92. The van der Waals surface area contributed by atoms with Gasteiger partial charge in [0.2, 0.25) is 0 Å². The Bertz CT molecular complexity index is 214. The van der Waals surface area contributed by atoms with Gasteiger partial charge in [-0.1, -0.05) is 6.42 Å². The monoisotopic (exact) mass is 214 g/mol. The highest BCUT2D eigenvalue weighted by Gasteiger charge is 2.28. The van der Waals surface area contributed by atoms with Crippen LogP contribution in [-0.4, -0.2) is 23.7 Å². The maximum atomic E-state index is 5.60. The fourth-order valence-corrected chi connectivity index (χ4v) is 3.47. The van der Waals surface area contributed by atoms with Crippen molar-refractivity contribution in [2.75, 3.05) is 12.4 Å². The molecule has 80 valence electrons. The van der Waals surface area contributed by atoms with Gasteiger partial charge in [0, 0.05) is 11.7 Å². The molecule has 0 saturated carbocycles. The summed E-state index contributed by atoms with van der Waals surface area (Å²) in [6.07, 6.45) is 7.12. The Morgan fingerprint density at radius 3 is 3.07 bits per heavy atom. The maximum absolute atomic E-state index is 5.60. The molecule has 0 radical (unpaired) electrons. The van der Waals surface area contributed by atoms with Crippen molar-refractivity contribution in [3.8, 4) is 0 Å². The van der Waals surface area contributed by atoms with Crippen molar-refractivity contribution in [2.24, 2.45) is 5.84 Å². The van der Waals surface area contributed by atoms with Gasteiger partial charge in [-0.3, -0.25) is 5.84 Å². The molecule has 2 heterocycles. The molecule has 2 aliphatic heterocycles. The molecule has 0 aromatic heterocycles. The number of hydrazine groups is 1. The molecular formula is C10H18N2OS. The van der Waals surface area contributed by atoms with Crippen molar-refractivity contribution in [1.29, 1.82) is 0 Å². The molecule has 2 aliphatic rings. The van der Waals surface area contributed by atoms with Crippen LogP contribution in [0, 0.1) is 0 Å². The summed E-state index contributed by atoms with van der Waals surface area (Å²) >= 11 is 2.02. The summed E-state index contributed by atoms with van der Waals surface area (Å²) in [6, 6.07) is 0.225. The number of thioether (sulfide) groups is 1. The van der Waals surface area contributed by atoms with Crippen LogP contribution in [0.25, 0.3) is 0 Å². The lowest BCUT2D eigenvalue weighted by Gasteiger charge is -2.29. The topological polar surface area (TPSA) is 47.3 Å². The van der Waals surface area contributed by atoms with E-state index < -0.39 is 0 Å². The molecule has 2 atom stereocenters. The Morgan fingerprint density at radius 2 is 2.50 bits per heavy atom. The molecule has 0 aliphatic carbocycles. The first-order chi connectivity index (χ1) is 6.92. The number of ether oxygens (including phenoxy) is 1. The number of nitrogens with one attached hydrogen (secondary N) is 1. The summed E-state index contributed by atoms with van der Waals surface area (Å²) in [6.45, 7) is 0.824. The van der Waals surface area contributed by atoms with Gasteiger partial charge >= 0.3 is 0 Å². The summed E-state index contributed by atoms with van der Waals surface area (Å²) < 4.78 is 5.56. The second kappa shape index (κ2) is 5.05. The van der Waals surface area contributed by atoms with E-state index in [9.17, 15) is 0 Å². The van der Waals surface area contributed by atoms with Crippen LogP contribution in [-0.2, 0) is 4.74 Å². The molecule has 3 nitrogen and oxygen atoms in total. The SMILES string of the molecule is NNC(C1=CCCO1)C1CCCCS1. The zero-order chi connectivity index (χ0) is 9.80. The van der Waals surface area contributed by atoms with Gasteiger partial charge < -0.3 is 4.74 Å². The van der Waals surface area contributed by atoms with Gasteiger partial charge in [0.05, 0.1) is 12.6 Å². The molecule has 14 heavy (non-hydrogen) atoms. The largest absolute Gasteiger partial charge is 0.496 e. The molecule has 1 fully saturated rings. The van der Waals surface area contributed by atoms with Crippen LogP contribution >= 0.6 is 11.8 Å². The highest BCUT2D eigenvalue weighted by atomic mass is 32.2. The van der Waals surface area contributed by atoms with E-state index in [0.717, 1.165) is 18.8 Å². The first-order valence-electron chi connectivity index (χ1n) is 5.32. The van der Waals surface area contributed by atoms with E-state index in [0.29, 0.717) is 5.25 Å². The summed E-state index contributed by atoms with van der Waals surface area (Å²) in [5, 5.41) is 0.595. The van der Waals surface area contributed by atoms with Crippen LogP contribution in [0.15, 0.2) is 11.8 Å². The van der Waals surface area contributed by atoms with Crippen LogP contribution in [0.2, 0.25) is 0 Å². The third-order valence-corrected chi connectivity index (χ3v) is 4.27. The minimum atomic E-state index is 0.225. The Balaban J connectivity index is 1.96. The van der Waals surface area contributed by atoms with Crippen LogP contribution in [0.3, 0.4) is 0 Å². The Morgan fingerprint density at radius 1 is 1.57 bits per heavy atom. The van der Waals surface area contributed by atoms with E-state index in [-0.39, 0.29) is 6.04 Å². The van der Waals surface area contributed by atoms with Crippen molar-refractivity contribution in [3.05, 3.63) is 11.8 Å². The minimum absolute atomic E-state index is 0.225. The smallest absolute Gasteiger partial charge is 0.111 e. The number of rotatable bonds is 3. The lowest BCUT2D eigenvalue weighted by atomic mass is 10.1. The molecule has 1 saturated heterocycles. The molecule has 3 N–H and O–H groups in total. The average Bonchev–Trinajstić information content (AvgIpc) is 2.74. The second-order valence-electron chi connectivity index (χ2n) is 3.79. The number of hydrogen-bond donors (Lipinski definition) is 2. The van der Waals surface area contributed by atoms with Gasteiger partial charge in [-0.15, -0.1) is 0 Å². The van der Waals surface area contributed by atoms with Gasteiger partial charge in [-0.2, -0.15) is 11.8 Å². The fraction of sp³-hybridized carbons (Fsp3) is 0.800. The lowest BCUT2D eigenvalue weighted by Crippen LogP contribution is -2.45. The molecule has 0 amide bonds. The highest BCUT2D eigenvalue weighted by Crippen LogP contribution is 2.31. The van der Waals surface area contributed by atoms with Crippen molar-refractivity contribution in [3.63, 3.8) is 0 Å². The van der Waals surface area contributed by atoms with Gasteiger partial charge in [0.25, 0.3) is 0 Å². The number of hydrogen-bond acceptors (Lipinski definition) is 4. The van der Waals surface area contributed by atoms with E-state index in [1.807, 2.05) is 11.8 Å². The third kappa shape index (κ3) is 2.24. The summed E-state index contributed by atoms with van der Waals surface area (Å²) in [4.78, 5) is 0. The first kappa shape index (κ1) is 10.3. The first-order valence-corrected chi connectivity index (χ1v) is 6.37. The highest BCUT2D eigenvalue weighted by molar-refractivity contribution is 8.00. The fourth-order valence-electron chi connectivity index (χ4n) is 2.05. The summed E-state index contributed by atoms with van der Waals surface area (Å²) in [5.41, 5.74) is 2.90. The summed E-state index contributed by atoms with van der Waals surface area (Å²) in [7, 11) is 0. The normalized spacial score (nSPS) is 29.5. The maximum Gasteiger partial charge on any atom is 0.111 e. The van der Waals surface area contributed by atoms with Crippen molar-refractivity contribution >= 4 is 11.8 Å². The zero-order valence-corrected chi connectivity index (χ0v) is 9.19.